The lowest BCUT2D eigenvalue weighted by Crippen LogP contribution is -2.31. The number of nitrogens with zero attached hydrogens (tertiary/aromatic N) is 3. The van der Waals surface area contributed by atoms with E-state index in [9.17, 15) is 4.57 Å². The molecule has 0 saturated carbocycles. The molecule has 176 valence electrons. The van der Waals surface area contributed by atoms with Crippen LogP contribution < -0.4 is 0 Å². The first-order valence-electron chi connectivity index (χ1n) is 11.6. The third-order valence-electron chi connectivity index (χ3n) is 4.68. The molecule has 0 bridgehead atoms. The molecule has 0 aromatic rings. The summed E-state index contributed by atoms with van der Waals surface area (Å²) >= 11 is 0. The Bertz CT molecular complexity index is 449. The predicted octanol–water partition coefficient (Wildman–Crippen LogP) is 7.17. The number of hydrogen-bond donors (Lipinski definition) is 0. The molecule has 0 radical (unpaired) electrons. The van der Waals surface area contributed by atoms with Crippen LogP contribution in [0.15, 0.2) is 4.52 Å². The lowest BCUT2D eigenvalue weighted by Gasteiger charge is -2.36. The Balaban J connectivity index is 6.32. The van der Waals surface area contributed by atoms with Gasteiger partial charge in [0, 0.05) is 26.2 Å². The maximum atomic E-state index is 14.3. The summed E-state index contributed by atoms with van der Waals surface area (Å²) in [6.45, 7) is 18.5. The lowest BCUT2D eigenvalue weighted by molar-refractivity contribution is 0.143. The first-order chi connectivity index (χ1) is 13.9. The highest BCUT2D eigenvalue weighted by molar-refractivity contribution is 7.66. The smallest absolute Gasteiger partial charge is 0.302 e. The van der Waals surface area contributed by atoms with Crippen molar-refractivity contribution in [3.63, 3.8) is 0 Å². The van der Waals surface area contributed by atoms with Crippen LogP contribution in [0, 0.1) is 0 Å². The average molecular weight is 456 g/mol. The van der Waals surface area contributed by atoms with E-state index in [4.69, 9.17) is 18.1 Å². The molecule has 0 N–H and O–H groups in total. The quantitative estimate of drug-likeness (QED) is 0.152. The van der Waals surface area contributed by atoms with Gasteiger partial charge in [0.1, 0.15) is 0 Å². The van der Waals surface area contributed by atoms with Gasteiger partial charge in [0.25, 0.3) is 0 Å². The molecular formula is C20H47N3O4P2. The predicted molar refractivity (Wildman–Crippen MR) is 125 cm³/mol. The molecular weight excluding hydrogens is 408 g/mol. The van der Waals surface area contributed by atoms with E-state index in [1.165, 1.54) is 0 Å². The van der Waals surface area contributed by atoms with Gasteiger partial charge in [-0.05, 0) is 19.3 Å². The van der Waals surface area contributed by atoms with Gasteiger partial charge in [-0.2, -0.15) is 0 Å². The van der Waals surface area contributed by atoms with Crippen LogP contribution in [0.25, 0.3) is 0 Å². The van der Waals surface area contributed by atoms with Gasteiger partial charge < -0.3 is 13.6 Å². The van der Waals surface area contributed by atoms with Crippen molar-refractivity contribution in [2.24, 2.45) is 4.52 Å². The standard InChI is InChI=1S/C20H47N3O4P2/c1-8-15-18-25-29(26-19-16-9-2,27-20-17-10-3)21-28(24,22(11-4)12-5)23(13-6)14-7/h8-20H2,1-7H3. The van der Waals surface area contributed by atoms with E-state index in [0.29, 0.717) is 46.0 Å². The third-order valence-corrected chi connectivity index (χ3v) is 10.6. The monoisotopic (exact) mass is 455 g/mol. The Hall–Kier alpha value is 0.260. The molecule has 0 aromatic heterocycles. The Kier molecular flexibility index (Phi) is 17.0. The van der Waals surface area contributed by atoms with E-state index in [0.717, 1.165) is 38.5 Å². The SMILES string of the molecule is CCCCOP(=NP(=O)(N(CC)CC)N(CC)CC)(OCCCC)OCCCC. The van der Waals surface area contributed by atoms with Crippen molar-refractivity contribution in [2.45, 2.75) is 87.0 Å². The van der Waals surface area contributed by atoms with Gasteiger partial charge >= 0.3 is 15.3 Å². The molecule has 0 aliphatic heterocycles. The first kappa shape index (κ1) is 29.3. The molecule has 0 rings (SSSR count). The molecule has 0 heterocycles. The highest BCUT2D eigenvalue weighted by atomic mass is 31.2. The molecule has 0 saturated heterocycles. The van der Waals surface area contributed by atoms with Crippen molar-refractivity contribution in [1.82, 2.24) is 9.34 Å². The first-order valence-corrected chi connectivity index (χ1v) is 14.7. The number of rotatable bonds is 19. The van der Waals surface area contributed by atoms with Crippen LogP contribution in [0.4, 0.5) is 0 Å². The van der Waals surface area contributed by atoms with Crippen molar-refractivity contribution in [1.29, 1.82) is 0 Å². The van der Waals surface area contributed by atoms with E-state index in [1.54, 1.807) is 0 Å². The summed E-state index contributed by atoms with van der Waals surface area (Å²) in [5, 5.41) is 0. The molecule has 29 heavy (non-hydrogen) atoms. The molecule has 7 nitrogen and oxygen atoms in total. The van der Waals surface area contributed by atoms with E-state index < -0.39 is 15.3 Å². The highest BCUT2D eigenvalue weighted by Gasteiger charge is 2.39. The minimum Gasteiger partial charge on any atom is -0.302 e. The van der Waals surface area contributed by atoms with E-state index in [-0.39, 0.29) is 0 Å². The second kappa shape index (κ2) is 16.9. The zero-order valence-electron chi connectivity index (χ0n) is 20.1. The van der Waals surface area contributed by atoms with E-state index >= 15 is 0 Å². The summed E-state index contributed by atoms with van der Waals surface area (Å²) in [5.74, 6) is 0. The summed E-state index contributed by atoms with van der Waals surface area (Å²) in [6, 6.07) is 0. The Morgan fingerprint density at radius 3 is 1.17 bits per heavy atom. The molecule has 0 aliphatic rings. The van der Waals surface area contributed by atoms with Crippen molar-refractivity contribution in [2.75, 3.05) is 46.0 Å². The van der Waals surface area contributed by atoms with Crippen molar-refractivity contribution >= 4 is 15.3 Å². The Morgan fingerprint density at radius 2 is 0.931 bits per heavy atom. The van der Waals surface area contributed by atoms with Crippen LogP contribution >= 0.6 is 15.3 Å². The molecule has 0 unspecified atom stereocenters. The molecule has 0 atom stereocenters. The van der Waals surface area contributed by atoms with Gasteiger partial charge in [0.2, 0.25) is 0 Å². The second-order valence-electron chi connectivity index (χ2n) is 6.91. The fourth-order valence-electron chi connectivity index (χ4n) is 2.78. The van der Waals surface area contributed by atoms with Crippen LogP contribution in [-0.4, -0.2) is 55.3 Å². The van der Waals surface area contributed by atoms with Crippen molar-refractivity contribution < 1.29 is 18.1 Å². The maximum Gasteiger partial charge on any atom is 0.363 e. The van der Waals surface area contributed by atoms with Crippen molar-refractivity contribution in [3.8, 4) is 0 Å². The summed E-state index contributed by atoms with van der Waals surface area (Å²) in [7, 11) is -6.33. The van der Waals surface area contributed by atoms with Crippen LogP contribution in [0.2, 0.25) is 0 Å². The van der Waals surface area contributed by atoms with Gasteiger partial charge in [0.15, 0.2) is 0 Å². The minimum atomic E-state index is -3.24. The topological polar surface area (TPSA) is 63.6 Å². The van der Waals surface area contributed by atoms with E-state index in [2.05, 4.69) is 20.8 Å². The van der Waals surface area contributed by atoms with Crippen molar-refractivity contribution in [3.05, 3.63) is 0 Å². The summed E-state index contributed by atoms with van der Waals surface area (Å²) in [6.07, 6.45) is 5.71. The normalized spacial score (nSPS) is 12.9. The summed E-state index contributed by atoms with van der Waals surface area (Å²) < 4.78 is 41.7. The van der Waals surface area contributed by atoms with Gasteiger partial charge in [-0.15, -0.1) is 4.52 Å². The summed E-state index contributed by atoms with van der Waals surface area (Å²) in [4.78, 5) is 0. The van der Waals surface area contributed by atoms with Crippen LogP contribution in [0.5, 0.6) is 0 Å². The van der Waals surface area contributed by atoms with E-state index in [1.807, 2.05) is 37.0 Å². The molecule has 0 spiro atoms. The molecule has 9 heteroatoms. The fraction of sp³-hybridized carbons (Fsp3) is 1.00. The minimum absolute atomic E-state index is 0.503. The zero-order valence-corrected chi connectivity index (χ0v) is 21.9. The zero-order chi connectivity index (χ0) is 22.2. The van der Waals surface area contributed by atoms with Gasteiger partial charge in [-0.1, -0.05) is 67.7 Å². The molecule has 0 aromatic carbocycles. The largest absolute Gasteiger partial charge is 0.363 e. The Labute approximate surface area is 180 Å². The van der Waals surface area contributed by atoms with Gasteiger partial charge in [-0.25, -0.2) is 9.34 Å². The lowest BCUT2D eigenvalue weighted by atomic mass is 10.4. The number of unbranched alkanes of at least 4 members (excludes halogenated alkanes) is 3. The fourth-order valence-corrected chi connectivity index (χ4v) is 8.58. The van der Waals surface area contributed by atoms with Crippen LogP contribution in [0.1, 0.15) is 87.0 Å². The Morgan fingerprint density at radius 1 is 0.621 bits per heavy atom. The molecule has 0 aliphatic carbocycles. The third kappa shape index (κ3) is 9.95. The summed E-state index contributed by atoms with van der Waals surface area (Å²) in [5.41, 5.74) is 0. The van der Waals surface area contributed by atoms with Crippen LogP contribution in [-0.2, 0) is 18.1 Å². The maximum absolute atomic E-state index is 14.3. The highest BCUT2D eigenvalue weighted by Crippen LogP contribution is 2.67. The molecule has 0 amide bonds. The second-order valence-corrected chi connectivity index (χ2v) is 11.5. The van der Waals surface area contributed by atoms with Gasteiger partial charge in [-0.3, -0.25) is 4.57 Å². The number of hydrogen-bond acceptors (Lipinski definition) is 4. The van der Waals surface area contributed by atoms with Gasteiger partial charge in [0.05, 0.1) is 19.8 Å². The molecule has 0 fully saturated rings. The van der Waals surface area contributed by atoms with Crippen LogP contribution in [0.3, 0.4) is 0 Å². The average Bonchev–Trinajstić information content (AvgIpc) is 2.70.